The highest BCUT2D eigenvalue weighted by Crippen LogP contribution is 2.61. The number of amides is 1. The van der Waals surface area contributed by atoms with Crippen LogP contribution in [0.15, 0.2) is 130 Å². The second-order valence-electron chi connectivity index (χ2n) is 27.6. The van der Waals surface area contributed by atoms with Crippen molar-refractivity contribution in [3.05, 3.63) is 220 Å². The van der Waals surface area contributed by atoms with Crippen molar-refractivity contribution in [1.82, 2.24) is 38.9 Å². The number of phosphoric ester groups is 4. The number of aryl methyl sites for hydroxylation is 3. The minimum Gasteiger partial charge on any atom is -0.404 e. The first-order valence-corrected chi connectivity index (χ1v) is 43.9. The molecule has 0 aliphatic carbocycles. The van der Waals surface area contributed by atoms with E-state index in [0.29, 0.717) is 47.2 Å². The Morgan fingerprint density at radius 3 is 1.16 bits per heavy atom. The fraction of sp³-hybridized carbons (Fsp3) is 0.406. The normalized spacial score (nSPS) is 35.3. The maximum absolute atomic E-state index is 15.9. The summed E-state index contributed by atoms with van der Waals surface area (Å²) in [7, 11) is -18.1. The summed E-state index contributed by atoms with van der Waals surface area (Å²) in [5, 5.41) is 86.5. The third-order valence-electron chi connectivity index (χ3n) is 18.7. The summed E-state index contributed by atoms with van der Waals surface area (Å²) >= 11 is 38.5. The van der Waals surface area contributed by atoms with Gasteiger partial charge in [0.25, 0.3) is 46.0 Å². The Hall–Kier alpha value is -6.87. The number of halogens is 8. The standard InChI is InChI=1S/C18H19ClFN2O8P.3C17H17ClFN2O8PS/c1-9-6-22(10(2)21-16(9)25)17-14(23)15(24)18(20,29-17)8-28-31(26)27-7-11-5-12(19)3-4-13(11)30-31;3*1-8-5-21(16(31)20-14(8)24)15-12(22)13(23)17(19,28-15)7-27-30(25)26-6-9-4-10(18)2-3-11(9)29-30/h3-6,14-15,17,23-24H,2,7-8H2,1H3,(H,21,25);3*2-5,12-13,15,22-23H,6-7H2,1H3,(H,20,24,31)/t14-,15+,17-,18-,31?;3*12-,13+,15-,17-,30?/m1111/s1/i8D2,17D;15D;7D2;. The molecule has 12 heterocycles. The van der Waals surface area contributed by atoms with Crippen LogP contribution in [0.2, 0.25) is 20.1 Å². The number of aliphatic hydroxyl groups is 8. The number of benzene rings is 4. The maximum atomic E-state index is 15.9. The van der Waals surface area contributed by atoms with Crippen LogP contribution in [0.3, 0.4) is 0 Å². The molecule has 9 aliphatic heterocycles. The molecule has 4 saturated heterocycles. The Kier molecular flexibility index (Phi) is 25.5. The van der Waals surface area contributed by atoms with E-state index in [9.17, 15) is 78.3 Å². The van der Waals surface area contributed by atoms with Gasteiger partial charge >= 0.3 is 31.3 Å². The van der Waals surface area contributed by atoms with Crippen LogP contribution in [0.5, 0.6) is 23.0 Å². The van der Waals surface area contributed by atoms with Crippen LogP contribution in [0.1, 0.15) is 72.8 Å². The molecule has 4 fully saturated rings. The summed E-state index contributed by atoms with van der Waals surface area (Å²) in [5.74, 6) is -14.5. The van der Waals surface area contributed by atoms with Crippen molar-refractivity contribution in [2.24, 2.45) is 0 Å². The predicted octanol–water partition coefficient (Wildman–Crippen LogP) is 9.48. The fourth-order valence-electron chi connectivity index (χ4n) is 12.0. The molecule has 0 radical (unpaired) electrons. The van der Waals surface area contributed by atoms with E-state index >= 15 is 17.6 Å². The van der Waals surface area contributed by atoms with E-state index in [0.717, 1.165) is 32.3 Å². The van der Waals surface area contributed by atoms with Crippen LogP contribution in [-0.2, 0) is 105 Å². The second-order valence-corrected chi connectivity index (χ2v) is 36.7. The number of alkyl halides is 4. The highest BCUT2D eigenvalue weighted by Gasteiger charge is 2.62. The molecule has 7 aromatic rings. The lowest BCUT2D eigenvalue weighted by atomic mass is 10.1. The molecule has 1 amide bonds. The van der Waals surface area contributed by atoms with Crippen LogP contribution in [0.25, 0.3) is 0 Å². The van der Waals surface area contributed by atoms with Gasteiger partial charge in [0.2, 0.25) is 0 Å². The third kappa shape index (κ3) is 20.1. The number of rotatable bonds is 16. The Morgan fingerprint density at radius 2 is 0.774 bits per heavy atom. The summed E-state index contributed by atoms with van der Waals surface area (Å²) in [4.78, 5) is 54.4. The van der Waals surface area contributed by atoms with Crippen molar-refractivity contribution in [3.63, 3.8) is 0 Å². The molecule has 20 atom stereocenters. The number of aliphatic hydroxyl groups excluding tert-OH is 8. The summed E-state index contributed by atoms with van der Waals surface area (Å²) in [6, 6.07) is 17.4. The monoisotopic (exact) mass is 1960 g/mol. The van der Waals surface area contributed by atoms with E-state index in [1.165, 1.54) is 101 Å². The molecule has 672 valence electrons. The molecule has 0 saturated carbocycles. The molecule has 55 heteroatoms. The fourth-order valence-corrected chi connectivity index (χ4v) is 18.2. The number of H-pyrrole nitrogens is 3. The number of nitrogens with zero attached hydrogens (tertiary/aromatic N) is 4. The molecule has 124 heavy (non-hydrogen) atoms. The molecule has 40 nitrogen and oxygen atoms in total. The third-order valence-corrected chi connectivity index (χ3v) is 25.5. The number of carbonyl (C=O) groups excluding carboxylic acids is 1. The minimum atomic E-state index is -4.82. The molecule has 16 rings (SSSR count). The van der Waals surface area contributed by atoms with Gasteiger partial charge in [-0.25, -0.2) is 35.8 Å². The topological polar surface area (TPSA) is 524 Å². The van der Waals surface area contributed by atoms with Gasteiger partial charge in [-0.05, 0) is 137 Å². The van der Waals surface area contributed by atoms with Crippen molar-refractivity contribution < 1.29 is 163 Å². The molecule has 4 aromatic carbocycles. The molecule has 9 aliphatic rings. The van der Waals surface area contributed by atoms with Crippen LogP contribution in [-0.4, -0.2) is 185 Å². The molecule has 0 spiro atoms. The smallest absolute Gasteiger partial charge is 0.404 e. The lowest BCUT2D eigenvalue weighted by Crippen LogP contribution is -2.47. The van der Waals surface area contributed by atoms with Gasteiger partial charge < -0.3 is 88.1 Å². The van der Waals surface area contributed by atoms with Gasteiger partial charge in [0.15, 0.2) is 39.2 Å². The van der Waals surface area contributed by atoms with Gasteiger partial charge in [0.05, 0.1) is 34.7 Å². The molecule has 3 aromatic heterocycles. The lowest BCUT2D eigenvalue weighted by Gasteiger charge is -2.34. The largest absolute Gasteiger partial charge is 0.530 e. The molecular weight excluding hydrogens is 1890 g/mol. The summed E-state index contributed by atoms with van der Waals surface area (Å²) < 4.78 is 245. The quantitative estimate of drug-likeness (QED) is 0.0243. The van der Waals surface area contributed by atoms with Crippen molar-refractivity contribution >= 4 is 120 Å². The molecule has 0 bridgehead atoms. The van der Waals surface area contributed by atoms with Crippen molar-refractivity contribution in [1.29, 1.82) is 0 Å². The van der Waals surface area contributed by atoms with E-state index < -0.39 is 177 Å². The van der Waals surface area contributed by atoms with Crippen LogP contribution >= 0.6 is 114 Å². The first kappa shape index (κ1) is 86.5. The zero-order chi connectivity index (χ0) is 95.6. The molecule has 4 unspecified atom stereocenters. The zero-order valence-corrected chi connectivity index (χ0v) is 72.2. The number of ether oxygens (including phenoxy) is 4. The average molecular weight is 1970 g/mol. The van der Waals surface area contributed by atoms with E-state index in [2.05, 4.69) is 26.8 Å². The van der Waals surface area contributed by atoms with Gasteiger partial charge in [-0.3, -0.25) is 84.0 Å². The average Bonchev–Trinajstić information content (AvgIpc) is 1.56. The first-order valence-electron chi connectivity index (χ1n) is 38.3. The van der Waals surface area contributed by atoms with Crippen LogP contribution < -0.4 is 40.1 Å². The summed E-state index contributed by atoms with van der Waals surface area (Å²) in [5.41, 5.74) is 0.668. The van der Waals surface area contributed by atoms with E-state index in [-0.39, 0.29) is 91.8 Å². The molecule has 12 N–H and O–H groups in total. The SMILES string of the molecule is Cc1cn([C@@H]2O[C@](F)(COP3(=O)OCc4cc(Cl)ccc4O3)[C@@H](O)[C@H]2O)c(=S)[nH]c1=O.[2H]C([2H])(OP1(=O)OCc2cc(Cl)ccc2O1)[C@@]1(F)O[C@@H](n2cc(C)c(=O)[nH]c2=S)[C@H](O)[C@@H]1O.[2H]C([2H])(OP1(=O)OCc2cc(Cl)ccc2O1)[C@@]1(F)O[C@@]([2H])(N2C=C(C)C(=O)NC2=C)[C@H](O)[C@@H]1O.[2H][C@@]1(n2cc(C)c(=O)[nH]c2=S)O[C@](F)(COP2(=O)OCc3cc(Cl)ccc3O2)[C@@H](O)[C@H]1O. The van der Waals surface area contributed by atoms with E-state index in [1.807, 2.05) is 0 Å². The zero-order valence-electron chi connectivity index (χ0n) is 69.2. The van der Waals surface area contributed by atoms with Crippen molar-refractivity contribution in [2.45, 2.75) is 151 Å². The Labute approximate surface area is 738 Å². The summed E-state index contributed by atoms with van der Waals surface area (Å²) in [6.45, 7) is -1.72. The Morgan fingerprint density at radius 1 is 0.476 bits per heavy atom. The highest BCUT2D eigenvalue weighted by molar-refractivity contribution is 7.71. The number of carbonyl (C=O) groups is 1. The van der Waals surface area contributed by atoms with Crippen molar-refractivity contribution in [2.75, 3.05) is 26.3 Å². The Bertz CT molecular complexity index is 6360. The van der Waals surface area contributed by atoms with E-state index in [4.69, 9.17) is 165 Å². The van der Waals surface area contributed by atoms with Crippen LogP contribution in [0, 0.1) is 35.1 Å². The van der Waals surface area contributed by atoms with E-state index in [1.54, 1.807) is 6.07 Å². The first-order chi connectivity index (χ1) is 60.3. The van der Waals surface area contributed by atoms with Gasteiger partial charge in [0.1, 0.15) is 104 Å². The minimum absolute atomic E-state index is 0.0125. The number of phosphoric acid groups is 4. The lowest BCUT2D eigenvalue weighted by molar-refractivity contribution is -0.208. The van der Waals surface area contributed by atoms with Crippen LogP contribution in [0.4, 0.5) is 17.6 Å². The number of nitrogens with one attached hydrogen (secondary N) is 4. The predicted molar refractivity (Wildman–Crippen MR) is 425 cm³/mol. The molecular formula is C69H70Cl4F4N8O32P4S3. The maximum Gasteiger partial charge on any atom is 0.530 e. The number of hydrogen-bond donors (Lipinski definition) is 12. The summed E-state index contributed by atoms with van der Waals surface area (Å²) in [6.07, 6.45) is -22.4. The highest BCUT2D eigenvalue weighted by atomic mass is 35.5. The van der Waals surface area contributed by atoms with Gasteiger partial charge in [-0.2, -0.15) is 0 Å². The second kappa shape index (κ2) is 36.6. The number of aromatic amines is 3. The number of hydrogen-bond acceptors (Lipinski definition) is 36. The Balaban J connectivity index is 0.000000148. The van der Waals surface area contributed by atoms with Gasteiger partial charge in [-0.1, -0.05) is 53.0 Å². The van der Waals surface area contributed by atoms with Gasteiger partial charge in [-0.15, -0.1) is 0 Å². The number of aromatic nitrogens is 6. The van der Waals surface area contributed by atoms with Crippen molar-refractivity contribution in [3.8, 4) is 23.0 Å². The number of fused-ring (bicyclic) bond motifs is 4. The van der Waals surface area contributed by atoms with Gasteiger partial charge in [0, 0.05) is 89.4 Å².